The van der Waals surface area contributed by atoms with Gasteiger partial charge in [-0.15, -0.1) is 0 Å². The van der Waals surface area contributed by atoms with Gasteiger partial charge in [-0.3, -0.25) is 9.78 Å². The molecule has 9 nitrogen and oxygen atoms in total. The fourth-order valence-corrected chi connectivity index (χ4v) is 3.78. The van der Waals surface area contributed by atoms with Crippen LogP contribution in [0.5, 0.6) is 11.5 Å². The van der Waals surface area contributed by atoms with Crippen LogP contribution in [0.25, 0.3) is 33.3 Å². The Morgan fingerprint density at radius 1 is 1.03 bits per heavy atom. The Labute approximate surface area is 194 Å². The summed E-state index contributed by atoms with van der Waals surface area (Å²) in [6.07, 6.45) is 8.60. The summed E-state index contributed by atoms with van der Waals surface area (Å²) in [6, 6.07) is 10.9. The summed E-state index contributed by atoms with van der Waals surface area (Å²) in [5.41, 5.74) is 1.98. The zero-order chi connectivity index (χ0) is 23.1. The number of aromatic nitrogens is 4. The summed E-state index contributed by atoms with van der Waals surface area (Å²) >= 11 is 0. The number of fused-ring (bicyclic) bond motifs is 2. The van der Waals surface area contributed by atoms with Crippen molar-refractivity contribution in [2.24, 2.45) is 5.92 Å². The van der Waals surface area contributed by atoms with Crippen molar-refractivity contribution < 1.29 is 13.9 Å². The number of nitrogens with one attached hydrogen (secondary N) is 2. The third-order valence-electron chi connectivity index (χ3n) is 5.68. The molecule has 2 N–H and O–H groups in total. The minimum Gasteiger partial charge on any atom is -0.457 e. The van der Waals surface area contributed by atoms with E-state index in [1.165, 1.54) is 0 Å². The van der Waals surface area contributed by atoms with Crippen LogP contribution in [0.2, 0.25) is 0 Å². The average Bonchev–Trinajstić information content (AvgIpc) is 3.63. The van der Waals surface area contributed by atoms with Crippen molar-refractivity contribution in [2.75, 3.05) is 17.7 Å². The van der Waals surface area contributed by atoms with E-state index in [4.69, 9.17) is 14.1 Å². The first-order chi connectivity index (χ1) is 16.7. The lowest BCUT2D eigenvalue weighted by atomic mass is 10.1. The van der Waals surface area contributed by atoms with Gasteiger partial charge in [0.1, 0.15) is 28.7 Å². The van der Waals surface area contributed by atoms with Gasteiger partial charge in [0.2, 0.25) is 11.8 Å². The highest BCUT2D eigenvalue weighted by molar-refractivity contribution is 6.03. The zero-order valence-corrected chi connectivity index (χ0v) is 18.3. The van der Waals surface area contributed by atoms with Crippen molar-refractivity contribution in [2.45, 2.75) is 12.8 Å². The van der Waals surface area contributed by atoms with E-state index in [0.29, 0.717) is 45.7 Å². The van der Waals surface area contributed by atoms with Crippen LogP contribution in [0.1, 0.15) is 12.8 Å². The Hall–Kier alpha value is -4.53. The second kappa shape index (κ2) is 8.11. The molecule has 168 valence electrons. The molecule has 4 aromatic heterocycles. The Bertz CT molecular complexity index is 1530. The molecule has 4 heterocycles. The number of pyridine rings is 3. The van der Waals surface area contributed by atoms with E-state index in [1.807, 2.05) is 24.3 Å². The second-order valence-electron chi connectivity index (χ2n) is 8.08. The smallest absolute Gasteiger partial charge is 0.229 e. The van der Waals surface area contributed by atoms with E-state index >= 15 is 0 Å². The van der Waals surface area contributed by atoms with Crippen LogP contribution in [0.3, 0.4) is 0 Å². The molecule has 5 aromatic rings. The number of benzene rings is 1. The number of carbonyl (C=O) groups is 1. The zero-order valence-electron chi connectivity index (χ0n) is 18.3. The molecule has 9 heteroatoms. The Kier molecular flexibility index (Phi) is 4.80. The summed E-state index contributed by atoms with van der Waals surface area (Å²) in [5.74, 6) is 2.99. The van der Waals surface area contributed by atoms with Crippen LogP contribution < -0.4 is 15.4 Å². The fraction of sp³-hybridized carbons (Fsp3) is 0.160. The molecule has 0 aliphatic heterocycles. The Balaban J connectivity index is 1.40. The molecule has 1 saturated carbocycles. The van der Waals surface area contributed by atoms with Crippen molar-refractivity contribution in [1.29, 1.82) is 0 Å². The molecule has 1 fully saturated rings. The fourth-order valence-electron chi connectivity index (χ4n) is 3.78. The maximum Gasteiger partial charge on any atom is 0.229 e. The van der Waals surface area contributed by atoms with Crippen LogP contribution in [0.15, 0.2) is 65.6 Å². The molecular formula is C25H20N6O3. The van der Waals surface area contributed by atoms with Gasteiger partial charge in [0.05, 0.1) is 5.56 Å². The van der Waals surface area contributed by atoms with E-state index in [0.717, 1.165) is 23.6 Å². The van der Waals surface area contributed by atoms with Crippen LogP contribution in [0, 0.1) is 5.92 Å². The predicted molar refractivity (Wildman–Crippen MR) is 128 cm³/mol. The molecule has 0 bridgehead atoms. The molecule has 34 heavy (non-hydrogen) atoms. The average molecular weight is 452 g/mol. The van der Waals surface area contributed by atoms with Gasteiger partial charge in [-0.25, -0.2) is 15.0 Å². The van der Waals surface area contributed by atoms with E-state index in [-0.39, 0.29) is 11.8 Å². The van der Waals surface area contributed by atoms with E-state index in [2.05, 4.69) is 25.6 Å². The molecule has 1 amide bonds. The lowest BCUT2D eigenvalue weighted by Crippen LogP contribution is -2.14. The molecule has 0 saturated heterocycles. The topological polar surface area (TPSA) is 115 Å². The van der Waals surface area contributed by atoms with Gasteiger partial charge in [0.25, 0.3) is 0 Å². The van der Waals surface area contributed by atoms with Crippen molar-refractivity contribution in [3.63, 3.8) is 0 Å². The van der Waals surface area contributed by atoms with Gasteiger partial charge < -0.3 is 19.8 Å². The maximum atomic E-state index is 12.2. The van der Waals surface area contributed by atoms with Gasteiger partial charge in [0.15, 0.2) is 5.58 Å². The summed E-state index contributed by atoms with van der Waals surface area (Å²) in [7, 11) is 1.80. The maximum absolute atomic E-state index is 12.2. The number of carbonyl (C=O) groups excluding carboxylic acids is 1. The summed E-state index contributed by atoms with van der Waals surface area (Å²) in [6.45, 7) is 0. The predicted octanol–water partition coefficient (Wildman–Crippen LogP) is 5.02. The minimum absolute atomic E-state index is 0.000107. The highest BCUT2D eigenvalue weighted by atomic mass is 16.5. The molecule has 1 aromatic carbocycles. The number of ether oxygens (including phenoxy) is 1. The molecule has 6 rings (SSSR count). The highest BCUT2D eigenvalue weighted by Crippen LogP contribution is 2.35. The molecule has 0 spiro atoms. The third-order valence-corrected chi connectivity index (χ3v) is 5.68. The van der Waals surface area contributed by atoms with Crippen molar-refractivity contribution in [3.8, 4) is 23.0 Å². The van der Waals surface area contributed by atoms with Crippen LogP contribution in [0.4, 0.5) is 11.6 Å². The van der Waals surface area contributed by atoms with Gasteiger partial charge in [0, 0.05) is 54.6 Å². The number of hydrogen-bond acceptors (Lipinski definition) is 8. The molecule has 0 unspecified atom stereocenters. The number of rotatable bonds is 6. The van der Waals surface area contributed by atoms with Crippen LogP contribution in [-0.4, -0.2) is 32.9 Å². The number of nitrogens with zero attached hydrogens (tertiary/aromatic N) is 4. The number of hydrogen-bond donors (Lipinski definition) is 2. The summed E-state index contributed by atoms with van der Waals surface area (Å²) in [5, 5.41) is 7.61. The van der Waals surface area contributed by atoms with E-state index in [9.17, 15) is 4.79 Å². The first-order valence-corrected chi connectivity index (χ1v) is 10.9. The van der Waals surface area contributed by atoms with Crippen LogP contribution >= 0.6 is 0 Å². The van der Waals surface area contributed by atoms with Crippen molar-refractivity contribution in [3.05, 3.63) is 61.2 Å². The van der Waals surface area contributed by atoms with Gasteiger partial charge in [-0.1, -0.05) is 0 Å². The highest BCUT2D eigenvalue weighted by Gasteiger charge is 2.30. The SMILES string of the molecule is CNc1ncc(-c2nc3cc(Oc4ccncc4)ccc3o2)c2cc(NC(=O)C3CC3)ncc12. The largest absolute Gasteiger partial charge is 0.457 e. The first-order valence-electron chi connectivity index (χ1n) is 10.9. The quantitative estimate of drug-likeness (QED) is 0.369. The monoisotopic (exact) mass is 452 g/mol. The lowest BCUT2D eigenvalue weighted by Gasteiger charge is -2.10. The lowest BCUT2D eigenvalue weighted by molar-refractivity contribution is -0.117. The van der Waals surface area contributed by atoms with Crippen LogP contribution in [-0.2, 0) is 4.79 Å². The first kappa shape index (κ1) is 20.1. The second-order valence-corrected chi connectivity index (χ2v) is 8.08. The van der Waals surface area contributed by atoms with Gasteiger partial charge in [-0.05, 0) is 43.2 Å². The number of anilines is 2. The molecule has 1 aliphatic rings. The van der Waals surface area contributed by atoms with Gasteiger partial charge >= 0.3 is 0 Å². The summed E-state index contributed by atoms with van der Waals surface area (Å²) in [4.78, 5) is 29.9. The van der Waals surface area contributed by atoms with E-state index in [1.54, 1.807) is 44.0 Å². The molecule has 1 aliphatic carbocycles. The third kappa shape index (κ3) is 3.77. The minimum atomic E-state index is -0.000107. The molecule has 0 atom stereocenters. The Morgan fingerprint density at radius 3 is 2.68 bits per heavy atom. The Morgan fingerprint density at radius 2 is 1.88 bits per heavy atom. The summed E-state index contributed by atoms with van der Waals surface area (Å²) < 4.78 is 12.0. The standard InChI is InChI=1S/C25H20N6O3/c1-26-23-18-12-28-22(31-24(32)14-2-3-14)11-17(18)19(13-29-23)25-30-20-10-16(4-5-21(20)34-25)33-15-6-8-27-9-7-15/h4-14H,2-3H2,1H3,(H,26,29)(H,28,31,32). The van der Waals surface area contributed by atoms with Crippen molar-refractivity contribution >= 4 is 39.4 Å². The number of oxazole rings is 1. The van der Waals surface area contributed by atoms with E-state index < -0.39 is 0 Å². The van der Waals surface area contributed by atoms with Crippen molar-refractivity contribution in [1.82, 2.24) is 19.9 Å². The normalized spacial score (nSPS) is 13.2. The van der Waals surface area contributed by atoms with Gasteiger partial charge in [-0.2, -0.15) is 0 Å². The molecule has 0 radical (unpaired) electrons. The molecular weight excluding hydrogens is 432 g/mol. The number of amides is 1.